The van der Waals surface area contributed by atoms with Gasteiger partial charge in [0.1, 0.15) is 5.69 Å². The quantitative estimate of drug-likeness (QED) is 0.644. The Morgan fingerprint density at radius 2 is 1.69 bits per heavy atom. The van der Waals surface area contributed by atoms with Crippen LogP contribution in [-0.4, -0.2) is 54.3 Å². The van der Waals surface area contributed by atoms with E-state index in [1.807, 2.05) is 43.3 Å². The lowest BCUT2D eigenvalue weighted by molar-refractivity contribution is 0.0745. The minimum Gasteiger partial charge on any atom is -0.481 e. The van der Waals surface area contributed by atoms with Gasteiger partial charge in [0.15, 0.2) is 0 Å². The van der Waals surface area contributed by atoms with Gasteiger partial charge in [-0.25, -0.2) is 4.98 Å². The van der Waals surface area contributed by atoms with Crippen molar-refractivity contribution in [2.45, 2.75) is 13.5 Å². The summed E-state index contributed by atoms with van der Waals surface area (Å²) in [4.78, 5) is 32.8. The number of nitrogens with zero attached hydrogens (tertiary/aromatic N) is 3. The number of hydrogen-bond acceptors (Lipinski definition) is 4. The maximum absolute atomic E-state index is 13.1. The van der Waals surface area contributed by atoms with Crippen molar-refractivity contribution in [1.29, 1.82) is 0 Å². The Balaban J connectivity index is 1.84. The van der Waals surface area contributed by atoms with Crippen LogP contribution < -0.4 is 4.74 Å². The molecule has 2 amide bonds. The number of aromatic nitrogens is 1. The van der Waals surface area contributed by atoms with Crippen LogP contribution in [0.15, 0.2) is 54.6 Å². The lowest BCUT2D eigenvalue weighted by Gasteiger charge is -2.21. The highest BCUT2D eigenvalue weighted by atomic mass is 16.5. The van der Waals surface area contributed by atoms with Crippen LogP contribution in [0.3, 0.4) is 0 Å². The number of rotatable bonds is 6. The molecule has 6 nitrogen and oxygen atoms in total. The number of ether oxygens (including phenoxy) is 1. The molecule has 3 rings (SSSR count). The second-order valence-electron chi connectivity index (χ2n) is 6.95. The predicted molar refractivity (Wildman–Crippen MR) is 113 cm³/mol. The van der Waals surface area contributed by atoms with Crippen LogP contribution in [-0.2, 0) is 6.54 Å². The van der Waals surface area contributed by atoms with Crippen molar-refractivity contribution >= 4 is 22.6 Å². The van der Waals surface area contributed by atoms with E-state index in [4.69, 9.17) is 4.74 Å². The maximum Gasteiger partial charge on any atom is 0.272 e. The Bertz CT molecular complexity index is 1030. The molecule has 3 aromatic rings. The molecule has 0 N–H and O–H groups in total. The Morgan fingerprint density at radius 3 is 2.31 bits per heavy atom. The van der Waals surface area contributed by atoms with Crippen LogP contribution in [0, 0.1) is 0 Å². The van der Waals surface area contributed by atoms with Gasteiger partial charge in [0.2, 0.25) is 5.88 Å². The topological polar surface area (TPSA) is 62.7 Å². The Labute approximate surface area is 170 Å². The van der Waals surface area contributed by atoms with E-state index in [1.165, 1.54) is 4.90 Å². The molecule has 0 aliphatic heterocycles. The third-order valence-corrected chi connectivity index (χ3v) is 4.77. The summed E-state index contributed by atoms with van der Waals surface area (Å²) in [5.74, 6) is 0.228. The molecule has 0 unspecified atom stereocenters. The molecule has 0 radical (unpaired) electrons. The summed E-state index contributed by atoms with van der Waals surface area (Å²) in [7, 11) is 4.99. The first-order chi connectivity index (χ1) is 13.9. The summed E-state index contributed by atoms with van der Waals surface area (Å²) >= 11 is 0. The van der Waals surface area contributed by atoms with E-state index in [0.717, 1.165) is 16.3 Å². The number of carbonyl (C=O) groups is 2. The van der Waals surface area contributed by atoms with Gasteiger partial charge in [-0.15, -0.1) is 0 Å². The van der Waals surface area contributed by atoms with Gasteiger partial charge in [0.25, 0.3) is 11.8 Å². The molecule has 29 heavy (non-hydrogen) atoms. The number of amides is 2. The summed E-state index contributed by atoms with van der Waals surface area (Å²) < 4.78 is 5.39. The third-order valence-electron chi connectivity index (χ3n) is 4.77. The predicted octanol–water partition coefficient (Wildman–Crippen LogP) is 3.61. The zero-order valence-electron chi connectivity index (χ0n) is 17.2. The molecule has 0 bridgehead atoms. The standard InChI is InChI=1S/C23H25N3O3/c1-5-26(15-16-10-12-17(13-11-16)22(27)25(2)3)23(28)20-14-18-8-6-7-9-19(18)21(24-20)29-4/h6-14H,5,15H2,1-4H3. The van der Waals surface area contributed by atoms with Crippen molar-refractivity contribution < 1.29 is 14.3 Å². The maximum atomic E-state index is 13.1. The van der Waals surface area contributed by atoms with Gasteiger partial charge in [-0.2, -0.15) is 0 Å². The van der Waals surface area contributed by atoms with E-state index in [2.05, 4.69) is 4.98 Å². The van der Waals surface area contributed by atoms with Crippen LogP contribution in [0.25, 0.3) is 10.8 Å². The lowest BCUT2D eigenvalue weighted by Crippen LogP contribution is -2.31. The molecule has 0 fully saturated rings. The average Bonchev–Trinajstić information content (AvgIpc) is 2.76. The highest BCUT2D eigenvalue weighted by molar-refractivity contribution is 5.98. The van der Waals surface area contributed by atoms with Gasteiger partial charge in [0, 0.05) is 38.1 Å². The van der Waals surface area contributed by atoms with Crippen LogP contribution in [0.4, 0.5) is 0 Å². The van der Waals surface area contributed by atoms with Crippen molar-refractivity contribution in [1.82, 2.24) is 14.8 Å². The fourth-order valence-corrected chi connectivity index (χ4v) is 3.15. The lowest BCUT2D eigenvalue weighted by atomic mass is 10.1. The highest BCUT2D eigenvalue weighted by Gasteiger charge is 2.19. The van der Waals surface area contributed by atoms with E-state index in [0.29, 0.717) is 30.2 Å². The third kappa shape index (κ3) is 4.37. The molecule has 0 saturated heterocycles. The molecule has 2 aromatic carbocycles. The van der Waals surface area contributed by atoms with E-state index >= 15 is 0 Å². The Kier molecular flexibility index (Phi) is 6.12. The number of carbonyl (C=O) groups excluding carboxylic acids is 2. The Morgan fingerprint density at radius 1 is 1.00 bits per heavy atom. The molecule has 150 valence electrons. The summed E-state index contributed by atoms with van der Waals surface area (Å²) in [5, 5.41) is 1.78. The first-order valence-corrected chi connectivity index (χ1v) is 9.48. The van der Waals surface area contributed by atoms with Crippen molar-refractivity contribution in [2.75, 3.05) is 27.7 Å². The van der Waals surface area contributed by atoms with Crippen molar-refractivity contribution in [3.63, 3.8) is 0 Å². The largest absolute Gasteiger partial charge is 0.481 e. The van der Waals surface area contributed by atoms with Crippen LogP contribution >= 0.6 is 0 Å². The number of fused-ring (bicyclic) bond motifs is 1. The monoisotopic (exact) mass is 391 g/mol. The minimum absolute atomic E-state index is 0.0487. The normalized spacial score (nSPS) is 10.6. The average molecular weight is 391 g/mol. The molecule has 0 spiro atoms. The number of hydrogen-bond donors (Lipinski definition) is 0. The molecule has 0 aliphatic rings. The van der Waals surface area contributed by atoms with Gasteiger partial charge < -0.3 is 14.5 Å². The smallest absolute Gasteiger partial charge is 0.272 e. The fourth-order valence-electron chi connectivity index (χ4n) is 3.15. The molecule has 1 aromatic heterocycles. The van der Waals surface area contributed by atoms with Gasteiger partial charge in [-0.05, 0) is 42.1 Å². The summed E-state index contributed by atoms with van der Waals surface area (Å²) in [5.41, 5.74) is 1.92. The highest BCUT2D eigenvalue weighted by Crippen LogP contribution is 2.25. The van der Waals surface area contributed by atoms with Crippen LogP contribution in [0.2, 0.25) is 0 Å². The van der Waals surface area contributed by atoms with Crippen molar-refractivity contribution in [3.8, 4) is 5.88 Å². The van der Waals surface area contributed by atoms with Crippen LogP contribution in [0.5, 0.6) is 5.88 Å². The summed E-state index contributed by atoms with van der Waals surface area (Å²) in [6.07, 6.45) is 0. The zero-order chi connectivity index (χ0) is 21.0. The van der Waals surface area contributed by atoms with Gasteiger partial charge in [-0.1, -0.05) is 30.3 Å². The first-order valence-electron chi connectivity index (χ1n) is 9.48. The van der Waals surface area contributed by atoms with E-state index in [9.17, 15) is 9.59 Å². The first kappa shape index (κ1) is 20.3. The number of benzene rings is 2. The fraction of sp³-hybridized carbons (Fsp3) is 0.261. The molecule has 0 atom stereocenters. The molecule has 1 heterocycles. The Hall–Kier alpha value is -3.41. The van der Waals surface area contributed by atoms with Gasteiger partial charge in [0.05, 0.1) is 7.11 Å². The van der Waals surface area contributed by atoms with E-state index in [1.54, 1.807) is 44.3 Å². The minimum atomic E-state index is -0.162. The molecule has 0 saturated carbocycles. The van der Waals surface area contributed by atoms with Crippen molar-refractivity contribution in [3.05, 3.63) is 71.4 Å². The van der Waals surface area contributed by atoms with E-state index in [-0.39, 0.29) is 11.8 Å². The van der Waals surface area contributed by atoms with Gasteiger partial charge >= 0.3 is 0 Å². The molecule has 6 heteroatoms. The SMILES string of the molecule is CCN(Cc1ccc(C(=O)N(C)C)cc1)C(=O)c1cc2ccccc2c(OC)n1. The molecule has 0 aliphatic carbocycles. The van der Waals surface area contributed by atoms with E-state index < -0.39 is 0 Å². The summed E-state index contributed by atoms with van der Waals surface area (Å²) in [6.45, 7) is 2.90. The second kappa shape index (κ2) is 8.73. The molecular weight excluding hydrogens is 366 g/mol. The molecular formula is C23H25N3O3. The summed E-state index contributed by atoms with van der Waals surface area (Å²) in [6, 6.07) is 16.8. The van der Waals surface area contributed by atoms with Crippen molar-refractivity contribution in [2.24, 2.45) is 0 Å². The number of pyridine rings is 1. The number of methoxy groups -OCH3 is 1. The van der Waals surface area contributed by atoms with Gasteiger partial charge in [-0.3, -0.25) is 9.59 Å². The van der Waals surface area contributed by atoms with Crippen LogP contribution in [0.1, 0.15) is 33.3 Å². The zero-order valence-corrected chi connectivity index (χ0v) is 17.2. The second-order valence-corrected chi connectivity index (χ2v) is 6.95.